The van der Waals surface area contributed by atoms with Gasteiger partial charge in [0.2, 0.25) is 0 Å². The Morgan fingerprint density at radius 3 is 2.71 bits per heavy atom. The van der Waals surface area contributed by atoms with Crippen LogP contribution in [0.25, 0.3) is 0 Å². The van der Waals surface area contributed by atoms with E-state index in [0.717, 1.165) is 0 Å². The molecule has 1 heterocycles. The van der Waals surface area contributed by atoms with Crippen LogP contribution in [0.3, 0.4) is 0 Å². The number of aryl methyl sites for hydroxylation is 1. The Bertz CT molecular complexity index is 676. The first kappa shape index (κ1) is 14.5. The first-order valence-corrected chi connectivity index (χ1v) is 6.17. The van der Waals surface area contributed by atoms with Gasteiger partial charge in [-0.3, -0.25) is 20.0 Å². The number of anilines is 1. The summed E-state index contributed by atoms with van der Waals surface area (Å²) >= 11 is 0. The average molecular weight is 290 g/mol. The standard InChI is InChI=1S/C13H14N4O4/c1-7-12(13(14)16-15-7)9(6-11(18)19)8-4-2-3-5-10(8)17(20)21/h2-5,9H,6H2,1H3,(H,18,19)(H3,14,15,16). The molecule has 0 radical (unpaired) electrons. The summed E-state index contributed by atoms with van der Waals surface area (Å²) in [6.07, 6.45) is -0.310. The molecule has 2 aromatic rings. The summed E-state index contributed by atoms with van der Waals surface area (Å²) < 4.78 is 0. The van der Waals surface area contributed by atoms with Crippen LogP contribution >= 0.6 is 0 Å². The molecule has 0 spiro atoms. The largest absolute Gasteiger partial charge is 0.481 e. The lowest BCUT2D eigenvalue weighted by atomic mass is 9.87. The van der Waals surface area contributed by atoms with Gasteiger partial charge in [0.25, 0.3) is 5.69 Å². The monoisotopic (exact) mass is 290 g/mol. The highest BCUT2D eigenvalue weighted by molar-refractivity contribution is 5.71. The zero-order valence-electron chi connectivity index (χ0n) is 11.2. The van der Waals surface area contributed by atoms with E-state index in [1.807, 2.05) is 0 Å². The van der Waals surface area contributed by atoms with Crippen molar-refractivity contribution in [3.05, 3.63) is 51.2 Å². The Hall–Kier alpha value is -2.90. The highest BCUT2D eigenvalue weighted by Gasteiger charge is 2.29. The van der Waals surface area contributed by atoms with Gasteiger partial charge in [-0.05, 0) is 6.92 Å². The van der Waals surface area contributed by atoms with Crippen molar-refractivity contribution < 1.29 is 14.8 Å². The number of rotatable bonds is 5. The van der Waals surface area contributed by atoms with Crippen LogP contribution < -0.4 is 5.73 Å². The number of H-pyrrole nitrogens is 1. The number of carboxylic acid groups (broad SMARTS) is 1. The third-order valence-corrected chi connectivity index (χ3v) is 3.26. The molecule has 1 atom stereocenters. The fraction of sp³-hybridized carbons (Fsp3) is 0.231. The Balaban J connectivity index is 2.62. The SMILES string of the molecule is Cc1[nH]nc(N)c1C(CC(=O)O)c1ccccc1[N+](=O)[O-]. The molecule has 8 nitrogen and oxygen atoms in total. The molecule has 0 bridgehead atoms. The average Bonchev–Trinajstić information content (AvgIpc) is 2.75. The van der Waals surface area contributed by atoms with Gasteiger partial charge in [0.1, 0.15) is 5.82 Å². The normalized spacial score (nSPS) is 12.0. The number of carbonyl (C=O) groups is 1. The molecule has 0 fully saturated rings. The van der Waals surface area contributed by atoms with Gasteiger partial charge in [-0.1, -0.05) is 18.2 Å². The topological polar surface area (TPSA) is 135 Å². The van der Waals surface area contributed by atoms with Gasteiger partial charge >= 0.3 is 5.97 Å². The summed E-state index contributed by atoms with van der Waals surface area (Å²) in [5, 5.41) is 26.8. The van der Waals surface area contributed by atoms with Gasteiger partial charge in [0, 0.05) is 28.8 Å². The van der Waals surface area contributed by atoms with Crippen LogP contribution in [0.5, 0.6) is 0 Å². The second kappa shape index (κ2) is 5.61. The minimum Gasteiger partial charge on any atom is -0.481 e. The van der Waals surface area contributed by atoms with Gasteiger partial charge in [-0.25, -0.2) is 0 Å². The van der Waals surface area contributed by atoms with E-state index in [2.05, 4.69) is 10.2 Å². The van der Waals surface area contributed by atoms with Gasteiger partial charge < -0.3 is 10.8 Å². The van der Waals surface area contributed by atoms with Crippen molar-refractivity contribution in [3.8, 4) is 0 Å². The molecule has 21 heavy (non-hydrogen) atoms. The number of nitrogens with one attached hydrogen (secondary N) is 1. The lowest BCUT2D eigenvalue weighted by molar-refractivity contribution is -0.385. The molecule has 0 amide bonds. The number of nitro benzene ring substituents is 1. The summed E-state index contributed by atoms with van der Waals surface area (Å²) in [6.45, 7) is 1.70. The van der Waals surface area contributed by atoms with E-state index in [4.69, 9.17) is 10.8 Å². The summed E-state index contributed by atoms with van der Waals surface area (Å²) in [7, 11) is 0. The van der Waals surface area contributed by atoms with E-state index in [9.17, 15) is 14.9 Å². The van der Waals surface area contributed by atoms with Crippen molar-refractivity contribution in [2.75, 3.05) is 5.73 Å². The number of aliphatic carboxylic acids is 1. The third-order valence-electron chi connectivity index (χ3n) is 3.26. The molecule has 1 unspecified atom stereocenters. The number of carboxylic acids is 1. The quantitative estimate of drug-likeness (QED) is 0.567. The van der Waals surface area contributed by atoms with Crippen molar-refractivity contribution >= 4 is 17.5 Å². The molecule has 0 aliphatic heterocycles. The van der Waals surface area contributed by atoms with Crippen LogP contribution in [0.4, 0.5) is 11.5 Å². The van der Waals surface area contributed by atoms with Crippen molar-refractivity contribution in [2.24, 2.45) is 0 Å². The predicted molar refractivity (Wildman–Crippen MR) is 74.9 cm³/mol. The van der Waals surface area contributed by atoms with Crippen molar-refractivity contribution in [2.45, 2.75) is 19.3 Å². The Morgan fingerprint density at radius 1 is 1.52 bits per heavy atom. The molecular weight excluding hydrogens is 276 g/mol. The fourth-order valence-corrected chi connectivity index (χ4v) is 2.39. The maximum absolute atomic E-state index is 11.2. The summed E-state index contributed by atoms with van der Waals surface area (Å²) in [4.78, 5) is 21.8. The smallest absolute Gasteiger partial charge is 0.304 e. The van der Waals surface area contributed by atoms with Gasteiger partial charge in [-0.15, -0.1) is 0 Å². The number of nitro groups is 1. The number of hydrogen-bond donors (Lipinski definition) is 3. The second-order valence-electron chi connectivity index (χ2n) is 4.61. The van der Waals surface area contributed by atoms with Crippen molar-refractivity contribution in [1.82, 2.24) is 10.2 Å². The van der Waals surface area contributed by atoms with E-state index in [1.54, 1.807) is 13.0 Å². The zero-order chi connectivity index (χ0) is 15.6. The maximum atomic E-state index is 11.2. The maximum Gasteiger partial charge on any atom is 0.304 e. The summed E-state index contributed by atoms with van der Waals surface area (Å²) in [6, 6.07) is 6.04. The number of nitrogens with two attached hydrogens (primary N) is 1. The number of aromatic nitrogens is 2. The zero-order valence-corrected chi connectivity index (χ0v) is 11.2. The van der Waals surface area contributed by atoms with Crippen LogP contribution in [0.2, 0.25) is 0 Å². The van der Waals surface area contributed by atoms with Crippen molar-refractivity contribution in [3.63, 3.8) is 0 Å². The molecule has 110 valence electrons. The molecule has 8 heteroatoms. The minimum absolute atomic E-state index is 0.135. The van der Waals surface area contributed by atoms with E-state index < -0.39 is 16.8 Å². The molecule has 0 aliphatic carbocycles. The minimum atomic E-state index is -1.07. The number of benzene rings is 1. The molecule has 0 saturated heterocycles. The van der Waals surface area contributed by atoms with Crippen LogP contribution in [0, 0.1) is 17.0 Å². The van der Waals surface area contributed by atoms with Gasteiger partial charge in [0.15, 0.2) is 0 Å². The Labute approximate surface area is 119 Å². The second-order valence-corrected chi connectivity index (χ2v) is 4.61. The van der Waals surface area contributed by atoms with E-state index in [1.165, 1.54) is 18.2 Å². The molecule has 1 aromatic heterocycles. The van der Waals surface area contributed by atoms with Crippen LogP contribution in [0.1, 0.15) is 29.2 Å². The van der Waals surface area contributed by atoms with Crippen LogP contribution in [0.15, 0.2) is 24.3 Å². The fourth-order valence-electron chi connectivity index (χ4n) is 2.39. The Morgan fingerprint density at radius 2 is 2.19 bits per heavy atom. The molecule has 1 aromatic carbocycles. The number of nitrogen functional groups attached to an aromatic ring is 1. The number of para-hydroxylation sites is 1. The van der Waals surface area contributed by atoms with E-state index >= 15 is 0 Å². The Kier molecular flexibility index (Phi) is 3.88. The highest BCUT2D eigenvalue weighted by atomic mass is 16.6. The first-order chi connectivity index (χ1) is 9.91. The molecule has 0 saturated carbocycles. The van der Waals surface area contributed by atoms with E-state index in [-0.39, 0.29) is 17.9 Å². The summed E-state index contributed by atoms with van der Waals surface area (Å²) in [5.41, 5.74) is 7.02. The van der Waals surface area contributed by atoms with Gasteiger partial charge in [-0.2, -0.15) is 5.10 Å². The third kappa shape index (κ3) is 2.83. The van der Waals surface area contributed by atoms with Gasteiger partial charge in [0.05, 0.1) is 11.3 Å². The van der Waals surface area contributed by atoms with Crippen LogP contribution in [-0.4, -0.2) is 26.2 Å². The number of hydrogen-bond acceptors (Lipinski definition) is 5. The first-order valence-electron chi connectivity index (χ1n) is 6.17. The summed E-state index contributed by atoms with van der Waals surface area (Å²) in [5.74, 6) is -1.65. The van der Waals surface area contributed by atoms with E-state index in [0.29, 0.717) is 16.8 Å². The molecular formula is C13H14N4O4. The number of aromatic amines is 1. The molecule has 4 N–H and O–H groups in total. The van der Waals surface area contributed by atoms with Crippen molar-refractivity contribution in [1.29, 1.82) is 0 Å². The molecule has 0 aliphatic rings. The lowest BCUT2D eigenvalue weighted by Gasteiger charge is -2.16. The highest BCUT2D eigenvalue weighted by Crippen LogP contribution is 2.37. The lowest BCUT2D eigenvalue weighted by Crippen LogP contribution is -2.12. The molecule has 2 rings (SSSR count). The predicted octanol–water partition coefficient (Wildman–Crippen LogP) is 1.82. The van der Waals surface area contributed by atoms with Crippen LogP contribution in [-0.2, 0) is 4.79 Å². The number of nitrogens with zero attached hydrogens (tertiary/aromatic N) is 2.